The lowest BCUT2D eigenvalue weighted by atomic mass is 10.00. The highest BCUT2D eigenvalue weighted by atomic mass is 32.2. The van der Waals surface area contributed by atoms with Crippen LogP contribution < -0.4 is 11.5 Å². The summed E-state index contributed by atoms with van der Waals surface area (Å²) in [7, 11) is 0. The Morgan fingerprint density at radius 3 is 2.78 bits per heavy atom. The van der Waals surface area contributed by atoms with Gasteiger partial charge in [0.25, 0.3) is 0 Å². The molecule has 1 amide bonds. The first-order valence-electron chi connectivity index (χ1n) is 5.32. The largest absolute Gasteiger partial charge is 0.366 e. The first-order valence-corrected chi connectivity index (χ1v) is 6.31. The van der Waals surface area contributed by atoms with Crippen LogP contribution in [0.2, 0.25) is 0 Å². The molecule has 4 N–H and O–H groups in total. The highest BCUT2D eigenvalue weighted by molar-refractivity contribution is 7.99. The topological polar surface area (TPSA) is 69.1 Å². The highest BCUT2D eigenvalue weighted by Crippen LogP contribution is 2.39. The van der Waals surface area contributed by atoms with Gasteiger partial charge in [0.05, 0.1) is 0 Å². The minimum absolute atomic E-state index is 0.228. The molecular formula is C12H12F2N2OS. The van der Waals surface area contributed by atoms with Crippen molar-refractivity contribution in [2.24, 2.45) is 11.5 Å². The lowest BCUT2D eigenvalue weighted by molar-refractivity contribution is -0.113. The Bertz CT molecular complexity index is 523. The summed E-state index contributed by atoms with van der Waals surface area (Å²) in [5.74, 6) is 0.196. The van der Waals surface area contributed by atoms with Crippen LogP contribution in [0.15, 0.2) is 29.2 Å². The van der Waals surface area contributed by atoms with E-state index in [0.29, 0.717) is 11.3 Å². The van der Waals surface area contributed by atoms with E-state index in [1.54, 1.807) is 6.07 Å². The van der Waals surface area contributed by atoms with Crippen molar-refractivity contribution in [3.63, 3.8) is 0 Å². The van der Waals surface area contributed by atoms with Crippen molar-refractivity contribution in [2.45, 2.75) is 17.4 Å². The van der Waals surface area contributed by atoms with E-state index >= 15 is 0 Å². The Balaban J connectivity index is 2.46. The third-order valence-electron chi connectivity index (χ3n) is 2.66. The second-order valence-corrected chi connectivity index (χ2v) is 5.14. The van der Waals surface area contributed by atoms with Crippen LogP contribution in [0.4, 0.5) is 8.78 Å². The number of thioether (sulfide) groups is 1. The van der Waals surface area contributed by atoms with Gasteiger partial charge >= 0.3 is 6.05 Å². The second kappa shape index (κ2) is 4.70. The number of carbonyl (C=O) groups is 1. The molecule has 1 aromatic carbocycles. The maximum atomic E-state index is 13.0. The molecule has 2 rings (SSSR count). The first kappa shape index (κ1) is 13.0. The van der Waals surface area contributed by atoms with Crippen molar-refractivity contribution in [3.05, 3.63) is 35.4 Å². The van der Waals surface area contributed by atoms with Gasteiger partial charge in [0.2, 0.25) is 5.91 Å². The Morgan fingerprint density at radius 2 is 2.17 bits per heavy atom. The number of rotatable bonds is 2. The predicted octanol–water partition coefficient (Wildman–Crippen LogP) is 2.06. The fourth-order valence-corrected chi connectivity index (χ4v) is 2.95. The molecule has 96 valence electrons. The van der Waals surface area contributed by atoms with E-state index in [4.69, 9.17) is 11.5 Å². The number of alkyl halides is 2. The Kier molecular flexibility index (Phi) is 3.41. The van der Waals surface area contributed by atoms with Crippen LogP contribution in [-0.2, 0) is 10.8 Å². The molecule has 0 atom stereocenters. The predicted molar refractivity (Wildman–Crippen MR) is 67.0 cm³/mol. The number of halogens is 2. The zero-order valence-corrected chi connectivity index (χ0v) is 10.3. The molecular weight excluding hydrogens is 258 g/mol. The molecule has 0 radical (unpaired) electrons. The molecule has 0 unspecified atom stereocenters. The average molecular weight is 270 g/mol. The number of amides is 1. The van der Waals surface area contributed by atoms with E-state index in [2.05, 4.69) is 0 Å². The van der Waals surface area contributed by atoms with Gasteiger partial charge in [-0.15, -0.1) is 11.8 Å². The summed E-state index contributed by atoms with van der Waals surface area (Å²) in [6.45, 7) is 0. The van der Waals surface area contributed by atoms with Crippen molar-refractivity contribution in [3.8, 4) is 0 Å². The molecule has 0 bridgehead atoms. The SMILES string of the molecule is NC(=O)/C=C1\CCSc2cc(C(N)(F)F)ccc21. The van der Waals surface area contributed by atoms with Crippen LogP contribution in [0.1, 0.15) is 17.5 Å². The standard InChI is InChI=1S/C12H12F2N2OS/c13-12(14,16)8-1-2-9-7(5-11(15)17)3-4-18-10(9)6-8/h1-2,5-6H,3-4,16H2,(H2,15,17)/b7-5+. The van der Waals surface area contributed by atoms with Crippen molar-refractivity contribution in [2.75, 3.05) is 5.75 Å². The van der Waals surface area contributed by atoms with Crippen LogP contribution in [0.25, 0.3) is 5.57 Å². The van der Waals surface area contributed by atoms with Crippen LogP contribution in [0.5, 0.6) is 0 Å². The Labute approximate surface area is 107 Å². The lowest BCUT2D eigenvalue weighted by Crippen LogP contribution is -2.25. The number of nitrogens with two attached hydrogens (primary N) is 2. The van der Waals surface area contributed by atoms with Gasteiger partial charge in [0.15, 0.2) is 0 Å². The molecule has 0 aromatic heterocycles. The van der Waals surface area contributed by atoms with Crippen molar-refractivity contribution in [1.29, 1.82) is 0 Å². The van der Waals surface area contributed by atoms with Gasteiger partial charge in [0, 0.05) is 22.3 Å². The van der Waals surface area contributed by atoms with Crippen LogP contribution in [0.3, 0.4) is 0 Å². The summed E-state index contributed by atoms with van der Waals surface area (Å²) >= 11 is 1.47. The normalized spacial score (nSPS) is 17.6. The van der Waals surface area contributed by atoms with Gasteiger partial charge in [-0.25, -0.2) is 0 Å². The fourth-order valence-electron chi connectivity index (χ4n) is 1.84. The molecule has 1 aliphatic heterocycles. The molecule has 3 nitrogen and oxygen atoms in total. The fraction of sp³-hybridized carbons (Fsp3) is 0.250. The van der Waals surface area contributed by atoms with Gasteiger partial charge in [-0.05, 0) is 23.6 Å². The quantitative estimate of drug-likeness (QED) is 0.638. The number of carbonyl (C=O) groups excluding carboxylic acids is 1. The first-order chi connectivity index (χ1) is 8.38. The van der Waals surface area contributed by atoms with Gasteiger partial charge in [-0.3, -0.25) is 10.5 Å². The van der Waals surface area contributed by atoms with Crippen molar-refractivity contribution in [1.82, 2.24) is 0 Å². The molecule has 0 saturated heterocycles. The number of hydrogen-bond acceptors (Lipinski definition) is 3. The number of benzene rings is 1. The zero-order chi connectivity index (χ0) is 13.3. The summed E-state index contributed by atoms with van der Waals surface area (Å²) in [6, 6.07) is 0.862. The van der Waals surface area contributed by atoms with E-state index in [-0.39, 0.29) is 5.56 Å². The molecule has 1 aliphatic rings. The minimum Gasteiger partial charge on any atom is -0.366 e. The maximum Gasteiger partial charge on any atom is 0.326 e. The van der Waals surface area contributed by atoms with Gasteiger partial charge in [-0.2, -0.15) is 8.78 Å². The van der Waals surface area contributed by atoms with E-state index < -0.39 is 12.0 Å². The van der Waals surface area contributed by atoms with E-state index in [0.717, 1.165) is 16.9 Å². The highest BCUT2D eigenvalue weighted by Gasteiger charge is 2.27. The molecule has 0 saturated carbocycles. The monoisotopic (exact) mass is 270 g/mol. The van der Waals surface area contributed by atoms with E-state index in [9.17, 15) is 13.6 Å². The van der Waals surface area contributed by atoms with Crippen LogP contribution in [0, 0.1) is 0 Å². The summed E-state index contributed by atoms with van der Waals surface area (Å²) in [5, 5.41) is 0. The lowest BCUT2D eigenvalue weighted by Gasteiger charge is -2.20. The summed E-state index contributed by atoms with van der Waals surface area (Å²) < 4.78 is 26.0. The molecule has 0 spiro atoms. The molecule has 1 aromatic rings. The molecule has 0 fully saturated rings. The number of fused-ring (bicyclic) bond motifs is 1. The van der Waals surface area contributed by atoms with E-state index in [1.165, 1.54) is 30.0 Å². The average Bonchev–Trinajstić information content (AvgIpc) is 2.27. The van der Waals surface area contributed by atoms with E-state index in [1.807, 2.05) is 0 Å². The minimum atomic E-state index is -3.35. The van der Waals surface area contributed by atoms with Gasteiger partial charge < -0.3 is 5.73 Å². The summed E-state index contributed by atoms with van der Waals surface area (Å²) in [6.07, 6.45) is 2.04. The number of hydrogen-bond donors (Lipinski definition) is 2. The van der Waals surface area contributed by atoms with Gasteiger partial charge in [0.1, 0.15) is 0 Å². The third-order valence-corrected chi connectivity index (χ3v) is 3.71. The molecule has 1 heterocycles. The van der Waals surface area contributed by atoms with Crippen LogP contribution in [-0.4, -0.2) is 11.7 Å². The smallest absolute Gasteiger partial charge is 0.326 e. The Morgan fingerprint density at radius 1 is 1.44 bits per heavy atom. The maximum absolute atomic E-state index is 13.0. The van der Waals surface area contributed by atoms with Gasteiger partial charge in [-0.1, -0.05) is 12.1 Å². The summed E-state index contributed by atoms with van der Waals surface area (Å²) in [4.78, 5) is 11.6. The zero-order valence-electron chi connectivity index (χ0n) is 9.45. The molecule has 6 heteroatoms. The number of allylic oxidation sites excluding steroid dienone is 1. The molecule has 0 aliphatic carbocycles. The van der Waals surface area contributed by atoms with Crippen LogP contribution >= 0.6 is 11.8 Å². The van der Waals surface area contributed by atoms with Crippen molar-refractivity contribution >= 4 is 23.2 Å². The third kappa shape index (κ3) is 2.70. The molecule has 18 heavy (non-hydrogen) atoms. The Hall–Kier alpha value is -1.40. The number of primary amides is 1. The summed E-state index contributed by atoms with van der Waals surface area (Å²) in [5.41, 5.74) is 11.2. The second-order valence-electron chi connectivity index (χ2n) is 4.00. The van der Waals surface area contributed by atoms with Crippen molar-refractivity contribution < 1.29 is 13.6 Å².